The Morgan fingerprint density at radius 2 is 2.24 bits per heavy atom. The van der Waals surface area contributed by atoms with Crippen molar-refractivity contribution in [3.63, 3.8) is 0 Å². The van der Waals surface area contributed by atoms with Crippen LogP contribution in [0.25, 0.3) is 0 Å². The van der Waals surface area contributed by atoms with Gasteiger partial charge in [-0.3, -0.25) is 0 Å². The molecule has 0 spiro atoms. The molecular formula is C15H20ClN. The fraction of sp³-hybridized carbons (Fsp3) is 0.600. The maximum absolute atomic E-state index is 6.11. The molecule has 0 aromatic heterocycles. The van der Waals surface area contributed by atoms with E-state index in [9.17, 15) is 0 Å². The second-order valence-electron chi connectivity index (χ2n) is 5.95. The molecule has 1 aromatic carbocycles. The molecule has 1 aromatic rings. The Morgan fingerprint density at radius 3 is 2.82 bits per heavy atom. The van der Waals surface area contributed by atoms with Crippen molar-refractivity contribution < 1.29 is 0 Å². The van der Waals surface area contributed by atoms with Gasteiger partial charge in [-0.05, 0) is 67.2 Å². The first-order valence-electron chi connectivity index (χ1n) is 6.66. The van der Waals surface area contributed by atoms with E-state index in [-0.39, 0.29) is 0 Å². The van der Waals surface area contributed by atoms with Crippen molar-refractivity contribution in [2.45, 2.75) is 32.1 Å². The number of benzene rings is 1. The van der Waals surface area contributed by atoms with Gasteiger partial charge in [0, 0.05) is 5.02 Å². The lowest BCUT2D eigenvalue weighted by molar-refractivity contribution is 0.171. The number of nitrogens with two attached hydrogens (primary N) is 1. The van der Waals surface area contributed by atoms with Gasteiger partial charge in [0.15, 0.2) is 0 Å². The molecular weight excluding hydrogens is 230 g/mol. The Bertz CT molecular complexity index is 417. The molecule has 0 radical (unpaired) electrons. The van der Waals surface area contributed by atoms with Gasteiger partial charge in [0.25, 0.3) is 0 Å². The van der Waals surface area contributed by atoms with Gasteiger partial charge in [-0.15, -0.1) is 0 Å². The van der Waals surface area contributed by atoms with E-state index in [1.807, 2.05) is 6.07 Å². The summed E-state index contributed by atoms with van der Waals surface area (Å²) in [5.41, 5.74) is 7.83. The van der Waals surface area contributed by atoms with Gasteiger partial charge in [0.2, 0.25) is 0 Å². The van der Waals surface area contributed by atoms with Gasteiger partial charge in [-0.1, -0.05) is 30.2 Å². The normalized spacial score (nSPS) is 35.4. The predicted octanol–water partition coefficient (Wildman–Crippen LogP) is 3.65. The molecule has 1 nitrogen and oxygen atoms in total. The van der Waals surface area contributed by atoms with Gasteiger partial charge in [0.1, 0.15) is 0 Å². The molecule has 3 unspecified atom stereocenters. The molecule has 2 N–H and O–H groups in total. The molecule has 2 aliphatic carbocycles. The van der Waals surface area contributed by atoms with Crippen LogP contribution >= 0.6 is 11.6 Å². The number of fused-ring (bicyclic) bond motifs is 2. The zero-order chi connectivity index (χ0) is 11.9. The zero-order valence-corrected chi connectivity index (χ0v) is 10.9. The summed E-state index contributed by atoms with van der Waals surface area (Å²) in [7, 11) is 0. The average Bonchev–Trinajstić information content (AvgIpc) is 2.89. The molecule has 3 rings (SSSR count). The SMILES string of the molecule is NCC1(Cc2cccc(Cl)c2)CC2CCC1C2. The third-order valence-electron chi connectivity index (χ3n) is 4.95. The van der Waals surface area contributed by atoms with Crippen LogP contribution in [0.4, 0.5) is 0 Å². The van der Waals surface area contributed by atoms with Crippen LogP contribution in [0.5, 0.6) is 0 Å². The first kappa shape index (κ1) is 11.6. The first-order valence-corrected chi connectivity index (χ1v) is 7.04. The minimum Gasteiger partial charge on any atom is -0.330 e. The van der Waals surface area contributed by atoms with E-state index in [1.165, 1.54) is 31.2 Å². The largest absolute Gasteiger partial charge is 0.330 e. The fourth-order valence-electron chi connectivity index (χ4n) is 4.15. The molecule has 2 bridgehead atoms. The molecule has 0 amide bonds. The second kappa shape index (κ2) is 4.29. The summed E-state index contributed by atoms with van der Waals surface area (Å²) < 4.78 is 0. The maximum atomic E-state index is 6.11. The van der Waals surface area contributed by atoms with E-state index in [1.54, 1.807) is 0 Å². The van der Waals surface area contributed by atoms with Crippen LogP contribution in [0.3, 0.4) is 0 Å². The lowest BCUT2D eigenvalue weighted by Gasteiger charge is -2.37. The molecule has 3 atom stereocenters. The molecule has 2 saturated carbocycles. The summed E-state index contributed by atoms with van der Waals surface area (Å²) in [6.45, 7) is 0.834. The third-order valence-corrected chi connectivity index (χ3v) is 5.19. The molecule has 0 saturated heterocycles. The molecule has 0 heterocycles. The van der Waals surface area contributed by atoms with Crippen molar-refractivity contribution in [2.75, 3.05) is 6.54 Å². The van der Waals surface area contributed by atoms with Crippen LogP contribution in [-0.2, 0) is 6.42 Å². The molecule has 2 fully saturated rings. The van der Waals surface area contributed by atoms with Crippen molar-refractivity contribution in [2.24, 2.45) is 23.0 Å². The number of halogens is 1. The first-order chi connectivity index (χ1) is 8.22. The molecule has 0 aliphatic heterocycles. The number of hydrogen-bond acceptors (Lipinski definition) is 1. The summed E-state index contributed by atoms with van der Waals surface area (Å²) in [5.74, 6) is 1.80. The van der Waals surface area contributed by atoms with Crippen molar-refractivity contribution in [3.05, 3.63) is 34.9 Å². The monoisotopic (exact) mass is 249 g/mol. The molecule has 17 heavy (non-hydrogen) atoms. The van der Waals surface area contributed by atoms with Gasteiger partial charge in [-0.2, -0.15) is 0 Å². The summed E-state index contributed by atoms with van der Waals surface area (Å²) in [6, 6.07) is 8.29. The van der Waals surface area contributed by atoms with Crippen LogP contribution in [0.2, 0.25) is 5.02 Å². The van der Waals surface area contributed by atoms with Crippen LogP contribution in [0, 0.1) is 17.3 Å². The number of hydrogen-bond donors (Lipinski definition) is 1. The Morgan fingerprint density at radius 1 is 1.35 bits per heavy atom. The van der Waals surface area contributed by atoms with E-state index in [4.69, 9.17) is 17.3 Å². The Balaban J connectivity index is 1.83. The van der Waals surface area contributed by atoms with Crippen molar-refractivity contribution in [1.82, 2.24) is 0 Å². The molecule has 2 heteroatoms. The van der Waals surface area contributed by atoms with Crippen LogP contribution < -0.4 is 5.73 Å². The second-order valence-corrected chi connectivity index (χ2v) is 6.39. The lowest BCUT2D eigenvalue weighted by atomic mass is 9.69. The highest BCUT2D eigenvalue weighted by atomic mass is 35.5. The Kier molecular flexibility index (Phi) is 2.92. The van der Waals surface area contributed by atoms with Crippen LogP contribution in [0.15, 0.2) is 24.3 Å². The summed E-state index contributed by atoms with van der Waals surface area (Å²) in [6.07, 6.45) is 6.69. The van der Waals surface area contributed by atoms with Crippen molar-refractivity contribution >= 4 is 11.6 Å². The standard InChI is InChI=1S/C15H20ClN/c16-14-3-1-2-11(7-14)8-15(10-17)9-12-4-5-13(15)6-12/h1-3,7,12-13H,4-6,8-10,17H2. The van der Waals surface area contributed by atoms with Crippen molar-refractivity contribution in [3.8, 4) is 0 Å². The topological polar surface area (TPSA) is 26.0 Å². The number of rotatable bonds is 3. The maximum Gasteiger partial charge on any atom is 0.0408 e. The van der Waals surface area contributed by atoms with Crippen molar-refractivity contribution in [1.29, 1.82) is 0 Å². The van der Waals surface area contributed by atoms with Crippen LogP contribution in [0.1, 0.15) is 31.2 Å². The van der Waals surface area contributed by atoms with E-state index in [0.717, 1.165) is 29.8 Å². The van der Waals surface area contributed by atoms with Gasteiger partial charge in [-0.25, -0.2) is 0 Å². The molecule has 92 valence electrons. The average molecular weight is 250 g/mol. The van der Waals surface area contributed by atoms with E-state index in [0.29, 0.717) is 5.41 Å². The third kappa shape index (κ3) is 2.00. The van der Waals surface area contributed by atoms with Gasteiger partial charge in [0.05, 0.1) is 0 Å². The highest BCUT2D eigenvalue weighted by Gasteiger charge is 2.49. The highest BCUT2D eigenvalue weighted by Crippen LogP contribution is 2.56. The summed E-state index contributed by atoms with van der Waals surface area (Å²) in [4.78, 5) is 0. The van der Waals surface area contributed by atoms with E-state index < -0.39 is 0 Å². The van der Waals surface area contributed by atoms with E-state index in [2.05, 4.69) is 18.2 Å². The Hall–Kier alpha value is -0.530. The Labute approximate surface area is 108 Å². The van der Waals surface area contributed by atoms with E-state index >= 15 is 0 Å². The van der Waals surface area contributed by atoms with Gasteiger partial charge >= 0.3 is 0 Å². The van der Waals surface area contributed by atoms with Crippen LogP contribution in [-0.4, -0.2) is 6.54 Å². The van der Waals surface area contributed by atoms with Gasteiger partial charge < -0.3 is 5.73 Å². The zero-order valence-electron chi connectivity index (χ0n) is 10.2. The minimum atomic E-state index is 0.369. The minimum absolute atomic E-state index is 0.369. The molecule has 2 aliphatic rings. The summed E-state index contributed by atoms with van der Waals surface area (Å²) in [5, 5.41) is 0.845. The smallest absolute Gasteiger partial charge is 0.0408 e. The fourth-order valence-corrected chi connectivity index (χ4v) is 4.36. The lowest BCUT2D eigenvalue weighted by Crippen LogP contribution is -2.37. The quantitative estimate of drug-likeness (QED) is 0.870. The highest BCUT2D eigenvalue weighted by molar-refractivity contribution is 6.30. The summed E-state index contributed by atoms with van der Waals surface area (Å²) >= 11 is 6.07. The predicted molar refractivity (Wildman–Crippen MR) is 72.1 cm³/mol.